The molecule has 5 rings (SSSR count). The number of anilines is 1. The highest BCUT2D eigenvalue weighted by molar-refractivity contribution is 8.00. The van der Waals surface area contributed by atoms with Crippen molar-refractivity contribution in [1.82, 2.24) is 10.2 Å². The lowest BCUT2D eigenvalue weighted by molar-refractivity contribution is -0.117. The number of aryl methyl sites for hydroxylation is 1. The number of benzene rings is 2. The van der Waals surface area contributed by atoms with Crippen LogP contribution >= 0.6 is 34.4 Å². The van der Waals surface area contributed by atoms with Crippen LogP contribution in [0, 0.1) is 6.92 Å². The second kappa shape index (κ2) is 12.8. The summed E-state index contributed by atoms with van der Waals surface area (Å²) >= 11 is 4.05. The minimum atomic E-state index is -0.848. The van der Waals surface area contributed by atoms with E-state index in [1.807, 2.05) is 31.2 Å². The maximum Gasteiger partial charge on any atom is 0.296 e. The highest BCUT2D eigenvalue weighted by atomic mass is 32.2. The third-order valence-electron chi connectivity index (χ3n) is 6.49. The lowest BCUT2D eigenvalue weighted by atomic mass is 9.95. The first-order valence-corrected chi connectivity index (χ1v) is 15.7. The van der Waals surface area contributed by atoms with E-state index in [4.69, 9.17) is 4.74 Å². The number of thioether (sulfide) groups is 1. The predicted octanol–water partition coefficient (Wildman–Crippen LogP) is 7.55. The van der Waals surface area contributed by atoms with E-state index in [9.17, 15) is 14.7 Å². The number of thiophene rings is 1. The van der Waals surface area contributed by atoms with Crippen LogP contribution in [0.5, 0.6) is 5.75 Å². The van der Waals surface area contributed by atoms with Gasteiger partial charge in [-0.2, -0.15) is 0 Å². The number of carbonyl (C=O) groups excluding carboxylic acids is 2. The highest BCUT2D eigenvalue weighted by Gasteiger charge is 2.46. The van der Waals surface area contributed by atoms with Crippen molar-refractivity contribution < 1.29 is 19.4 Å². The number of aliphatic hydroxyl groups is 1. The van der Waals surface area contributed by atoms with Crippen molar-refractivity contribution in [3.05, 3.63) is 98.9 Å². The SMILES string of the molecule is CCCCCOc1ccc(C2C(C(=O)c3cccs3)=C(O)C(=O)N2c2nnc(SCc3ccc(C)cc3)s2)cc1. The summed E-state index contributed by atoms with van der Waals surface area (Å²) in [5.41, 5.74) is 3.06. The van der Waals surface area contributed by atoms with Gasteiger partial charge in [0.2, 0.25) is 10.9 Å². The Morgan fingerprint density at radius 2 is 1.85 bits per heavy atom. The Bertz CT molecular complexity index is 1500. The van der Waals surface area contributed by atoms with E-state index in [1.54, 1.807) is 17.5 Å². The average molecular weight is 592 g/mol. The van der Waals surface area contributed by atoms with Crippen molar-refractivity contribution >= 4 is 51.3 Å². The van der Waals surface area contributed by atoms with E-state index < -0.39 is 17.7 Å². The van der Waals surface area contributed by atoms with Crippen LogP contribution in [-0.2, 0) is 10.5 Å². The molecule has 1 aliphatic heterocycles. The number of Topliss-reactive ketones (excluding diaryl/α,β-unsaturated/α-hetero) is 1. The molecule has 0 radical (unpaired) electrons. The number of unbranched alkanes of at least 4 members (excludes halogenated alkanes) is 2. The number of amides is 1. The molecule has 2 aromatic carbocycles. The fourth-order valence-corrected chi connectivity index (χ4v) is 6.87. The first-order valence-electron chi connectivity index (χ1n) is 13.1. The molecule has 0 fully saturated rings. The molecular formula is C30H29N3O4S3. The van der Waals surface area contributed by atoms with Crippen molar-refractivity contribution in [1.29, 1.82) is 0 Å². The van der Waals surface area contributed by atoms with Gasteiger partial charge in [0.15, 0.2) is 10.1 Å². The number of ketones is 1. The predicted molar refractivity (Wildman–Crippen MR) is 161 cm³/mol. The summed E-state index contributed by atoms with van der Waals surface area (Å²) in [7, 11) is 0. The van der Waals surface area contributed by atoms with Crippen LogP contribution in [0.15, 0.2) is 81.7 Å². The number of aromatic nitrogens is 2. The quantitative estimate of drug-likeness (QED) is 0.0787. The van der Waals surface area contributed by atoms with Gasteiger partial charge in [-0.05, 0) is 48.1 Å². The number of hydrogen-bond acceptors (Lipinski definition) is 9. The minimum Gasteiger partial charge on any atom is -0.503 e. The number of ether oxygens (including phenoxy) is 1. The van der Waals surface area contributed by atoms with Crippen LogP contribution in [0.4, 0.5) is 5.13 Å². The molecule has 40 heavy (non-hydrogen) atoms. The van der Waals surface area contributed by atoms with Gasteiger partial charge in [0, 0.05) is 5.75 Å². The molecule has 0 saturated carbocycles. The lowest BCUT2D eigenvalue weighted by Gasteiger charge is -2.24. The topological polar surface area (TPSA) is 92.6 Å². The van der Waals surface area contributed by atoms with Gasteiger partial charge in [0.1, 0.15) is 5.75 Å². The highest BCUT2D eigenvalue weighted by Crippen LogP contribution is 2.44. The molecule has 3 heterocycles. The van der Waals surface area contributed by atoms with E-state index in [1.165, 1.54) is 44.9 Å². The van der Waals surface area contributed by atoms with Gasteiger partial charge < -0.3 is 9.84 Å². The smallest absolute Gasteiger partial charge is 0.296 e. The van der Waals surface area contributed by atoms with Crippen LogP contribution in [0.1, 0.15) is 58.6 Å². The van der Waals surface area contributed by atoms with Crippen LogP contribution in [0.2, 0.25) is 0 Å². The Hall–Kier alpha value is -3.47. The van der Waals surface area contributed by atoms with Crippen LogP contribution < -0.4 is 9.64 Å². The molecule has 2 aromatic heterocycles. The first-order chi connectivity index (χ1) is 19.5. The Morgan fingerprint density at radius 1 is 1.07 bits per heavy atom. The van der Waals surface area contributed by atoms with E-state index in [2.05, 4.69) is 41.4 Å². The molecule has 0 spiro atoms. The fraction of sp³-hybridized carbons (Fsp3) is 0.267. The molecule has 1 unspecified atom stereocenters. The molecule has 10 heteroatoms. The van der Waals surface area contributed by atoms with Crippen molar-refractivity contribution in [3.63, 3.8) is 0 Å². The molecule has 1 N–H and O–H groups in total. The van der Waals surface area contributed by atoms with E-state index in [0.717, 1.165) is 24.8 Å². The summed E-state index contributed by atoms with van der Waals surface area (Å²) in [6.07, 6.45) is 3.19. The van der Waals surface area contributed by atoms with Crippen molar-refractivity contribution in [3.8, 4) is 5.75 Å². The van der Waals surface area contributed by atoms with Crippen LogP contribution in [0.3, 0.4) is 0 Å². The Morgan fingerprint density at radius 3 is 2.55 bits per heavy atom. The molecule has 0 saturated heterocycles. The molecule has 0 bridgehead atoms. The number of carbonyl (C=O) groups is 2. The molecule has 1 aliphatic rings. The molecule has 1 atom stereocenters. The van der Waals surface area contributed by atoms with Gasteiger partial charge >= 0.3 is 0 Å². The van der Waals surface area contributed by atoms with Gasteiger partial charge in [0.25, 0.3) is 5.91 Å². The Balaban J connectivity index is 1.43. The molecule has 206 valence electrons. The van der Waals surface area contributed by atoms with Gasteiger partial charge in [-0.3, -0.25) is 14.5 Å². The van der Waals surface area contributed by atoms with Gasteiger partial charge in [-0.25, -0.2) is 0 Å². The number of rotatable bonds is 12. The van der Waals surface area contributed by atoms with Crippen LogP contribution in [-0.4, -0.2) is 33.6 Å². The summed E-state index contributed by atoms with van der Waals surface area (Å²) in [4.78, 5) is 28.8. The van der Waals surface area contributed by atoms with Gasteiger partial charge in [-0.15, -0.1) is 21.5 Å². The average Bonchev–Trinajstić information content (AvgIpc) is 3.72. The molecule has 7 nitrogen and oxygen atoms in total. The summed E-state index contributed by atoms with van der Waals surface area (Å²) in [5.74, 6) is -0.201. The Kier molecular flexibility index (Phi) is 8.98. The summed E-state index contributed by atoms with van der Waals surface area (Å²) in [6, 6.07) is 18.2. The van der Waals surface area contributed by atoms with Crippen molar-refractivity contribution in [2.24, 2.45) is 0 Å². The van der Waals surface area contributed by atoms with E-state index in [-0.39, 0.29) is 11.4 Å². The number of nitrogens with zero attached hydrogens (tertiary/aromatic N) is 3. The lowest BCUT2D eigenvalue weighted by Crippen LogP contribution is -2.31. The molecule has 1 amide bonds. The second-order valence-corrected chi connectivity index (χ2v) is 12.5. The zero-order chi connectivity index (χ0) is 28.1. The third kappa shape index (κ3) is 6.14. The molecule has 0 aliphatic carbocycles. The molecule has 4 aromatic rings. The number of hydrogen-bond donors (Lipinski definition) is 1. The van der Waals surface area contributed by atoms with E-state index in [0.29, 0.717) is 38.0 Å². The van der Waals surface area contributed by atoms with Gasteiger partial charge in [0.05, 0.1) is 23.1 Å². The van der Waals surface area contributed by atoms with Crippen molar-refractivity contribution in [2.75, 3.05) is 11.5 Å². The normalized spacial score (nSPS) is 15.2. The second-order valence-electron chi connectivity index (χ2n) is 9.40. The zero-order valence-electron chi connectivity index (χ0n) is 22.2. The monoisotopic (exact) mass is 591 g/mol. The third-order valence-corrected chi connectivity index (χ3v) is 9.49. The summed E-state index contributed by atoms with van der Waals surface area (Å²) < 4.78 is 6.55. The van der Waals surface area contributed by atoms with E-state index >= 15 is 0 Å². The van der Waals surface area contributed by atoms with Crippen LogP contribution in [0.25, 0.3) is 0 Å². The number of aliphatic hydroxyl groups excluding tert-OH is 1. The fourth-order valence-electron chi connectivity index (χ4n) is 4.37. The summed E-state index contributed by atoms with van der Waals surface area (Å²) in [5, 5.41) is 21.7. The molecular weight excluding hydrogens is 563 g/mol. The zero-order valence-corrected chi connectivity index (χ0v) is 24.7. The van der Waals surface area contributed by atoms with Crippen molar-refractivity contribution in [2.45, 2.75) is 49.2 Å². The maximum absolute atomic E-state index is 13.5. The first kappa shape index (κ1) is 28.1. The minimum absolute atomic E-state index is 0.0353. The van der Waals surface area contributed by atoms with Gasteiger partial charge in [-0.1, -0.05) is 90.9 Å². The maximum atomic E-state index is 13.5. The standard InChI is InChI=1S/C30H29N3O4S3/c1-3-4-5-16-37-22-14-12-21(13-15-22)25-24(26(34)23-7-6-17-38-23)27(35)28(36)33(25)29-31-32-30(40-29)39-18-20-10-8-19(2)9-11-20/h6-15,17,25,35H,3-5,16,18H2,1-2H3. The largest absolute Gasteiger partial charge is 0.503 e. The Labute approximate surface area is 245 Å². The summed E-state index contributed by atoms with van der Waals surface area (Å²) in [6.45, 7) is 4.81.